The summed E-state index contributed by atoms with van der Waals surface area (Å²) in [4.78, 5) is 38.1. The van der Waals surface area contributed by atoms with Crippen molar-refractivity contribution in [2.45, 2.75) is 4.90 Å². The largest absolute Gasteiger partial charge is 0.379 e. The van der Waals surface area contributed by atoms with Gasteiger partial charge in [-0.3, -0.25) is 14.9 Å². The summed E-state index contributed by atoms with van der Waals surface area (Å²) in [6.07, 6.45) is 1.30. The Bertz CT molecular complexity index is 1370. The first-order valence-electron chi connectivity index (χ1n) is 9.51. The number of hydrogen-bond acceptors (Lipinski definition) is 6. The van der Waals surface area contributed by atoms with Crippen LogP contribution < -0.4 is 14.4 Å². The van der Waals surface area contributed by atoms with Crippen LogP contribution in [0.5, 0.6) is 5.75 Å². The number of nitrogens with zero attached hydrogens (tertiary/aromatic N) is 1. The van der Waals surface area contributed by atoms with E-state index >= 15 is 0 Å². The van der Waals surface area contributed by atoms with Gasteiger partial charge in [0.05, 0.1) is 5.69 Å². The molecule has 1 N–H and O–H groups in total. The molecule has 0 aliphatic carbocycles. The van der Waals surface area contributed by atoms with Crippen molar-refractivity contribution in [3.05, 3.63) is 95.0 Å². The van der Waals surface area contributed by atoms with E-state index in [9.17, 15) is 22.8 Å². The van der Waals surface area contributed by atoms with Crippen LogP contribution in [-0.4, -0.2) is 26.3 Å². The standard InChI is InChI=1S/C23H15ClN2O6S/c24-16-8-12-19(13-9-16)33(30,31)32-18-10-6-15(7-11-18)14-20-21(27)25-23(29)26(22(20)28)17-4-2-1-3-5-17/h1-14H,(H,25,27,29)/b20-14+. The third-order valence-electron chi connectivity index (χ3n) is 4.62. The van der Waals surface area contributed by atoms with E-state index < -0.39 is 28.0 Å². The fourth-order valence-corrected chi connectivity index (χ4v) is 4.09. The van der Waals surface area contributed by atoms with Crippen LogP contribution in [0.25, 0.3) is 6.08 Å². The SMILES string of the molecule is O=C1NC(=O)N(c2ccccc2)C(=O)/C1=C/c1ccc(OS(=O)(=O)c2ccc(Cl)cc2)cc1. The lowest BCUT2D eigenvalue weighted by atomic mass is 10.1. The molecule has 0 unspecified atom stereocenters. The van der Waals surface area contributed by atoms with Crippen LogP contribution in [0.3, 0.4) is 0 Å². The Morgan fingerprint density at radius 1 is 0.848 bits per heavy atom. The summed E-state index contributed by atoms with van der Waals surface area (Å²) < 4.78 is 29.9. The summed E-state index contributed by atoms with van der Waals surface area (Å²) >= 11 is 5.78. The number of para-hydroxylation sites is 1. The summed E-state index contributed by atoms with van der Waals surface area (Å²) in [5, 5.41) is 2.53. The van der Waals surface area contributed by atoms with E-state index in [1.807, 2.05) is 0 Å². The predicted octanol–water partition coefficient (Wildman–Crippen LogP) is 3.77. The number of amides is 4. The first-order valence-corrected chi connectivity index (χ1v) is 11.3. The molecule has 0 atom stereocenters. The molecule has 0 spiro atoms. The van der Waals surface area contributed by atoms with Gasteiger partial charge >= 0.3 is 16.1 Å². The van der Waals surface area contributed by atoms with Crippen molar-refractivity contribution in [1.29, 1.82) is 0 Å². The Labute approximate surface area is 194 Å². The van der Waals surface area contributed by atoms with Crippen LogP contribution >= 0.6 is 11.6 Å². The number of barbiturate groups is 1. The van der Waals surface area contributed by atoms with Crippen molar-refractivity contribution in [3.63, 3.8) is 0 Å². The summed E-state index contributed by atoms with van der Waals surface area (Å²) in [5.74, 6) is -1.57. The molecule has 1 fully saturated rings. The smallest absolute Gasteiger partial charge is 0.339 e. The molecular formula is C23H15ClN2O6S. The number of halogens is 1. The lowest BCUT2D eigenvalue weighted by molar-refractivity contribution is -0.122. The minimum absolute atomic E-state index is 0.0348. The average molecular weight is 483 g/mol. The van der Waals surface area contributed by atoms with E-state index in [1.54, 1.807) is 30.3 Å². The lowest BCUT2D eigenvalue weighted by Crippen LogP contribution is -2.54. The third kappa shape index (κ3) is 4.79. The van der Waals surface area contributed by atoms with Gasteiger partial charge in [0.15, 0.2) is 0 Å². The quantitative estimate of drug-likeness (QED) is 0.337. The third-order valence-corrected chi connectivity index (χ3v) is 6.13. The highest BCUT2D eigenvalue weighted by Crippen LogP contribution is 2.24. The second-order valence-electron chi connectivity index (χ2n) is 6.85. The molecule has 4 rings (SSSR count). The van der Waals surface area contributed by atoms with E-state index in [2.05, 4.69) is 5.32 Å². The second kappa shape index (κ2) is 8.89. The molecule has 3 aromatic carbocycles. The maximum absolute atomic E-state index is 12.8. The fourth-order valence-electron chi connectivity index (χ4n) is 3.03. The van der Waals surface area contributed by atoms with Gasteiger partial charge in [-0.05, 0) is 60.2 Å². The molecule has 1 aliphatic heterocycles. The Balaban J connectivity index is 1.56. The van der Waals surface area contributed by atoms with Crippen molar-refractivity contribution in [2.24, 2.45) is 0 Å². The van der Waals surface area contributed by atoms with Gasteiger partial charge in [0.1, 0.15) is 16.2 Å². The number of urea groups is 1. The van der Waals surface area contributed by atoms with E-state index in [0.717, 1.165) is 4.90 Å². The molecule has 166 valence electrons. The second-order valence-corrected chi connectivity index (χ2v) is 8.84. The Morgan fingerprint density at radius 2 is 1.48 bits per heavy atom. The molecule has 3 aromatic rings. The lowest BCUT2D eigenvalue weighted by Gasteiger charge is -2.26. The zero-order chi connectivity index (χ0) is 23.6. The van der Waals surface area contributed by atoms with Gasteiger partial charge in [0.2, 0.25) is 0 Å². The van der Waals surface area contributed by atoms with Crippen molar-refractivity contribution in [2.75, 3.05) is 4.90 Å². The number of carbonyl (C=O) groups excluding carboxylic acids is 3. The topological polar surface area (TPSA) is 110 Å². The van der Waals surface area contributed by atoms with Crippen LogP contribution in [0.15, 0.2) is 89.3 Å². The van der Waals surface area contributed by atoms with Crippen LogP contribution in [-0.2, 0) is 19.7 Å². The number of carbonyl (C=O) groups is 3. The number of anilines is 1. The van der Waals surface area contributed by atoms with Crippen molar-refractivity contribution < 1.29 is 27.0 Å². The normalized spacial score (nSPS) is 15.5. The molecular weight excluding hydrogens is 468 g/mol. The molecule has 33 heavy (non-hydrogen) atoms. The molecule has 1 heterocycles. The summed E-state index contributed by atoms with van der Waals surface area (Å²) in [5.41, 5.74) is 0.488. The van der Waals surface area contributed by atoms with E-state index in [0.29, 0.717) is 16.3 Å². The first kappa shape index (κ1) is 22.3. The molecule has 1 aliphatic rings. The molecule has 1 saturated heterocycles. The molecule has 8 nitrogen and oxygen atoms in total. The fraction of sp³-hybridized carbons (Fsp3) is 0. The Kier molecular flexibility index (Phi) is 5.99. The predicted molar refractivity (Wildman–Crippen MR) is 121 cm³/mol. The molecule has 0 bridgehead atoms. The van der Waals surface area contributed by atoms with Crippen LogP contribution in [0.4, 0.5) is 10.5 Å². The van der Waals surface area contributed by atoms with Gasteiger partial charge in [-0.25, -0.2) is 9.69 Å². The number of hydrogen-bond donors (Lipinski definition) is 1. The zero-order valence-electron chi connectivity index (χ0n) is 16.8. The first-order chi connectivity index (χ1) is 15.7. The van der Waals surface area contributed by atoms with Crippen molar-refractivity contribution >= 4 is 51.3 Å². The van der Waals surface area contributed by atoms with Crippen LogP contribution in [0, 0.1) is 0 Å². The minimum atomic E-state index is -4.07. The molecule has 4 amide bonds. The molecule has 0 saturated carbocycles. The summed E-state index contributed by atoms with van der Waals surface area (Å²) in [7, 11) is -4.07. The van der Waals surface area contributed by atoms with Crippen LogP contribution in [0.2, 0.25) is 5.02 Å². The van der Waals surface area contributed by atoms with Crippen LogP contribution in [0.1, 0.15) is 5.56 Å². The average Bonchev–Trinajstić information content (AvgIpc) is 2.78. The van der Waals surface area contributed by atoms with Gasteiger partial charge in [-0.15, -0.1) is 0 Å². The monoisotopic (exact) mass is 482 g/mol. The Morgan fingerprint density at radius 3 is 2.12 bits per heavy atom. The van der Waals surface area contributed by atoms with Gasteiger partial charge in [0, 0.05) is 5.02 Å². The summed E-state index contributed by atoms with van der Waals surface area (Å²) in [6, 6.07) is 18.6. The Hall–Kier alpha value is -3.95. The highest BCUT2D eigenvalue weighted by molar-refractivity contribution is 7.87. The number of benzene rings is 3. The maximum atomic E-state index is 12.8. The van der Waals surface area contributed by atoms with Gasteiger partial charge in [0.25, 0.3) is 11.8 Å². The highest BCUT2D eigenvalue weighted by Gasteiger charge is 2.36. The van der Waals surface area contributed by atoms with Gasteiger partial charge < -0.3 is 4.18 Å². The molecule has 10 heteroatoms. The molecule has 0 radical (unpaired) electrons. The number of imide groups is 2. The zero-order valence-corrected chi connectivity index (χ0v) is 18.3. The highest BCUT2D eigenvalue weighted by atomic mass is 35.5. The van der Waals surface area contributed by atoms with E-state index in [4.69, 9.17) is 15.8 Å². The number of rotatable bonds is 5. The van der Waals surface area contributed by atoms with Crippen molar-refractivity contribution in [1.82, 2.24) is 5.32 Å². The van der Waals surface area contributed by atoms with Gasteiger partial charge in [-0.2, -0.15) is 8.42 Å². The number of nitrogens with one attached hydrogen (secondary N) is 1. The van der Waals surface area contributed by atoms with Crippen molar-refractivity contribution in [3.8, 4) is 5.75 Å². The summed E-state index contributed by atoms with van der Waals surface area (Å²) in [6.45, 7) is 0. The molecule has 0 aromatic heterocycles. The van der Waals surface area contributed by atoms with E-state index in [-0.39, 0.29) is 16.2 Å². The maximum Gasteiger partial charge on any atom is 0.339 e. The van der Waals surface area contributed by atoms with E-state index in [1.165, 1.54) is 54.6 Å². The van der Waals surface area contributed by atoms with Gasteiger partial charge in [-0.1, -0.05) is 41.9 Å². The minimum Gasteiger partial charge on any atom is -0.379 e.